The highest BCUT2D eigenvalue weighted by Gasteiger charge is 2.16. The molecule has 4 heteroatoms. The van der Waals surface area contributed by atoms with Gasteiger partial charge in [-0.15, -0.1) is 0 Å². The molecule has 1 aromatic carbocycles. The molecule has 112 valence electrons. The fraction of sp³-hybridized carbons (Fsp3) is 0.222. The van der Waals surface area contributed by atoms with E-state index in [-0.39, 0.29) is 0 Å². The van der Waals surface area contributed by atoms with E-state index in [0.29, 0.717) is 0 Å². The molecule has 3 rings (SSSR count). The van der Waals surface area contributed by atoms with Crippen LogP contribution in [0.25, 0.3) is 21.7 Å². The minimum Gasteiger partial charge on any atom is -0.354 e. The lowest BCUT2D eigenvalue weighted by molar-refractivity contribution is 1.11. The van der Waals surface area contributed by atoms with Gasteiger partial charge in [-0.2, -0.15) is 0 Å². The second-order valence-electron chi connectivity index (χ2n) is 5.62. The van der Waals surface area contributed by atoms with E-state index in [1.54, 1.807) is 11.3 Å². The molecule has 0 amide bonds. The number of hydrogen-bond acceptors (Lipinski definition) is 4. The van der Waals surface area contributed by atoms with Gasteiger partial charge >= 0.3 is 0 Å². The number of benzene rings is 1. The Morgan fingerprint density at radius 1 is 1.00 bits per heavy atom. The first kappa shape index (κ1) is 14.7. The number of nitrogens with zero attached hydrogens (tertiary/aromatic N) is 3. The van der Waals surface area contributed by atoms with Crippen LogP contribution in [0.3, 0.4) is 0 Å². The largest absolute Gasteiger partial charge is 0.354 e. The molecule has 0 fully saturated rings. The average Bonchev–Trinajstić information content (AvgIpc) is 2.92. The molecule has 0 bridgehead atoms. The number of thiazole rings is 1. The standard InChI is InChI=1S/C18H19N3S/c1-12-6-5-7-14(10-12)16-17(22-18(20-16)21(3)4)15-8-9-19-13(2)11-15/h5-11H,1-4H3. The van der Waals surface area contributed by atoms with E-state index < -0.39 is 0 Å². The fourth-order valence-corrected chi connectivity index (χ4v) is 3.38. The summed E-state index contributed by atoms with van der Waals surface area (Å²) in [5.41, 5.74) is 5.65. The monoisotopic (exact) mass is 309 g/mol. The Bertz CT molecular complexity index is 743. The van der Waals surface area contributed by atoms with Gasteiger partial charge in [-0.05, 0) is 37.6 Å². The first-order chi connectivity index (χ1) is 10.5. The molecule has 2 aromatic heterocycles. The summed E-state index contributed by atoms with van der Waals surface area (Å²) in [6.07, 6.45) is 1.86. The molecule has 0 saturated carbocycles. The van der Waals surface area contributed by atoms with Gasteiger partial charge < -0.3 is 4.90 Å². The number of anilines is 1. The first-order valence-electron chi connectivity index (χ1n) is 7.23. The molecule has 2 heterocycles. The van der Waals surface area contributed by atoms with Crippen LogP contribution in [0, 0.1) is 13.8 Å². The highest BCUT2D eigenvalue weighted by molar-refractivity contribution is 7.19. The van der Waals surface area contributed by atoms with Crippen LogP contribution in [-0.2, 0) is 0 Å². The maximum atomic E-state index is 4.85. The zero-order valence-electron chi connectivity index (χ0n) is 13.3. The molecule has 0 unspecified atom stereocenters. The molecule has 0 N–H and O–H groups in total. The third kappa shape index (κ3) is 2.88. The Morgan fingerprint density at radius 2 is 1.82 bits per heavy atom. The van der Waals surface area contributed by atoms with Crippen LogP contribution in [0.1, 0.15) is 11.3 Å². The average molecular weight is 309 g/mol. The Balaban J connectivity index is 2.20. The number of hydrogen-bond donors (Lipinski definition) is 0. The molecule has 0 atom stereocenters. The molecule has 3 aromatic rings. The second kappa shape index (κ2) is 5.89. The van der Waals surface area contributed by atoms with Crippen molar-refractivity contribution in [1.82, 2.24) is 9.97 Å². The van der Waals surface area contributed by atoms with Gasteiger partial charge in [0.25, 0.3) is 0 Å². The molecule has 0 saturated heterocycles. The molecule has 0 aliphatic rings. The summed E-state index contributed by atoms with van der Waals surface area (Å²) in [6, 6.07) is 12.7. The molecule has 0 aliphatic heterocycles. The summed E-state index contributed by atoms with van der Waals surface area (Å²) in [7, 11) is 4.06. The smallest absolute Gasteiger partial charge is 0.185 e. The lowest BCUT2D eigenvalue weighted by atomic mass is 10.1. The molecule has 0 aliphatic carbocycles. The maximum absolute atomic E-state index is 4.85. The Morgan fingerprint density at radius 3 is 2.50 bits per heavy atom. The van der Waals surface area contributed by atoms with Gasteiger partial charge in [0.05, 0.1) is 10.6 Å². The molecule has 0 radical (unpaired) electrons. The normalized spacial score (nSPS) is 10.7. The summed E-state index contributed by atoms with van der Waals surface area (Å²) >= 11 is 1.72. The molecule has 3 nitrogen and oxygen atoms in total. The van der Waals surface area contributed by atoms with Crippen LogP contribution in [0.15, 0.2) is 42.6 Å². The van der Waals surface area contributed by atoms with Gasteiger partial charge in [-0.3, -0.25) is 4.98 Å². The van der Waals surface area contributed by atoms with Gasteiger partial charge in [-0.25, -0.2) is 4.98 Å². The second-order valence-corrected chi connectivity index (χ2v) is 6.60. The zero-order valence-corrected chi connectivity index (χ0v) is 14.1. The number of rotatable bonds is 3. The fourth-order valence-electron chi connectivity index (χ4n) is 2.37. The Kier molecular flexibility index (Phi) is 3.94. The van der Waals surface area contributed by atoms with Crippen molar-refractivity contribution in [1.29, 1.82) is 0 Å². The van der Waals surface area contributed by atoms with Gasteiger partial charge in [0.15, 0.2) is 5.13 Å². The van der Waals surface area contributed by atoms with Crippen LogP contribution < -0.4 is 4.90 Å². The lowest BCUT2D eigenvalue weighted by Gasteiger charge is -2.05. The third-order valence-electron chi connectivity index (χ3n) is 3.45. The molecule has 22 heavy (non-hydrogen) atoms. The summed E-state index contributed by atoms with van der Waals surface area (Å²) in [5.74, 6) is 0. The summed E-state index contributed by atoms with van der Waals surface area (Å²) in [5, 5.41) is 1.01. The Hall–Kier alpha value is -2.20. The van der Waals surface area contributed by atoms with E-state index in [1.165, 1.54) is 16.0 Å². The van der Waals surface area contributed by atoms with E-state index in [1.807, 2.05) is 27.2 Å². The minimum atomic E-state index is 1.01. The van der Waals surface area contributed by atoms with E-state index in [4.69, 9.17) is 4.98 Å². The van der Waals surface area contributed by atoms with Crippen LogP contribution in [0.5, 0.6) is 0 Å². The van der Waals surface area contributed by atoms with Crippen molar-refractivity contribution in [3.63, 3.8) is 0 Å². The van der Waals surface area contributed by atoms with Crippen molar-refractivity contribution in [2.45, 2.75) is 13.8 Å². The molecular formula is C18H19N3S. The van der Waals surface area contributed by atoms with Crippen LogP contribution in [-0.4, -0.2) is 24.1 Å². The van der Waals surface area contributed by atoms with Crippen LogP contribution in [0.2, 0.25) is 0 Å². The van der Waals surface area contributed by atoms with Crippen molar-refractivity contribution in [2.75, 3.05) is 19.0 Å². The van der Waals surface area contributed by atoms with Crippen molar-refractivity contribution in [3.8, 4) is 21.7 Å². The number of aromatic nitrogens is 2. The third-order valence-corrected chi connectivity index (χ3v) is 4.72. The van der Waals surface area contributed by atoms with Gasteiger partial charge in [-0.1, -0.05) is 35.1 Å². The molecular weight excluding hydrogens is 290 g/mol. The quantitative estimate of drug-likeness (QED) is 0.710. The van der Waals surface area contributed by atoms with Crippen molar-refractivity contribution >= 4 is 16.5 Å². The van der Waals surface area contributed by atoms with Crippen LogP contribution >= 0.6 is 11.3 Å². The zero-order chi connectivity index (χ0) is 15.7. The van der Waals surface area contributed by atoms with Crippen molar-refractivity contribution in [3.05, 3.63) is 53.9 Å². The van der Waals surface area contributed by atoms with Gasteiger partial charge in [0.2, 0.25) is 0 Å². The highest BCUT2D eigenvalue weighted by Crippen LogP contribution is 2.40. The minimum absolute atomic E-state index is 1.01. The molecule has 0 spiro atoms. The predicted molar refractivity (Wildman–Crippen MR) is 94.6 cm³/mol. The van der Waals surface area contributed by atoms with Crippen molar-refractivity contribution in [2.24, 2.45) is 0 Å². The predicted octanol–water partition coefficient (Wildman–Crippen LogP) is 4.55. The van der Waals surface area contributed by atoms with E-state index >= 15 is 0 Å². The SMILES string of the molecule is Cc1cccc(-c2nc(N(C)C)sc2-c2ccnc(C)c2)c1. The van der Waals surface area contributed by atoms with Crippen molar-refractivity contribution < 1.29 is 0 Å². The summed E-state index contributed by atoms with van der Waals surface area (Å²) < 4.78 is 0. The number of aryl methyl sites for hydroxylation is 2. The van der Waals surface area contributed by atoms with Crippen LogP contribution in [0.4, 0.5) is 5.13 Å². The first-order valence-corrected chi connectivity index (χ1v) is 8.04. The summed E-state index contributed by atoms with van der Waals surface area (Å²) in [6.45, 7) is 4.13. The van der Waals surface area contributed by atoms with E-state index in [2.05, 4.69) is 53.2 Å². The van der Waals surface area contributed by atoms with E-state index in [9.17, 15) is 0 Å². The van der Waals surface area contributed by atoms with Gasteiger partial charge in [0.1, 0.15) is 0 Å². The van der Waals surface area contributed by atoms with E-state index in [0.717, 1.165) is 22.1 Å². The summed E-state index contributed by atoms with van der Waals surface area (Å²) in [4.78, 5) is 12.4. The maximum Gasteiger partial charge on any atom is 0.185 e. The topological polar surface area (TPSA) is 29.0 Å². The van der Waals surface area contributed by atoms with Gasteiger partial charge in [0, 0.05) is 31.5 Å². The Labute approximate surface area is 135 Å². The lowest BCUT2D eigenvalue weighted by Crippen LogP contribution is -2.07. The number of pyridine rings is 1. The highest BCUT2D eigenvalue weighted by atomic mass is 32.1.